The van der Waals surface area contributed by atoms with Gasteiger partial charge >= 0.3 is 0 Å². The zero-order valence-corrected chi connectivity index (χ0v) is 14.0. The summed E-state index contributed by atoms with van der Waals surface area (Å²) in [6.45, 7) is 0.622. The third kappa shape index (κ3) is 3.42. The van der Waals surface area contributed by atoms with Gasteiger partial charge in [-0.2, -0.15) is 0 Å². The van der Waals surface area contributed by atoms with Gasteiger partial charge in [0, 0.05) is 10.6 Å². The van der Waals surface area contributed by atoms with Gasteiger partial charge in [0.05, 0.1) is 19.2 Å². The number of carbonyl (C=O) groups excluding carboxylic acids is 2. The first kappa shape index (κ1) is 16.5. The Bertz CT molecular complexity index is 744. The third-order valence-electron chi connectivity index (χ3n) is 4.06. The van der Waals surface area contributed by atoms with Crippen molar-refractivity contribution in [2.24, 2.45) is 0 Å². The summed E-state index contributed by atoms with van der Waals surface area (Å²) in [6, 6.07) is 14.0. The molecule has 0 radical (unpaired) electrons. The summed E-state index contributed by atoms with van der Waals surface area (Å²) in [5, 5.41) is 2.57. The summed E-state index contributed by atoms with van der Waals surface area (Å²) >= 11 is 5.87. The molecule has 1 saturated heterocycles. The van der Waals surface area contributed by atoms with Gasteiger partial charge in [0.15, 0.2) is 6.04 Å². The van der Waals surface area contributed by atoms with E-state index in [2.05, 4.69) is 0 Å². The molecule has 2 N–H and O–H groups in total. The maximum atomic E-state index is 12.6. The van der Waals surface area contributed by atoms with Crippen molar-refractivity contribution in [3.05, 3.63) is 59.1 Å². The fourth-order valence-corrected chi connectivity index (χ4v) is 2.87. The molecule has 0 unspecified atom stereocenters. The van der Waals surface area contributed by atoms with E-state index in [0.29, 0.717) is 23.0 Å². The van der Waals surface area contributed by atoms with E-state index in [1.54, 1.807) is 31.4 Å². The van der Waals surface area contributed by atoms with Crippen LogP contribution in [0, 0.1) is 0 Å². The fourth-order valence-electron chi connectivity index (χ4n) is 2.74. The Hall–Kier alpha value is -2.37. The monoisotopic (exact) mass is 345 g/mol. The molecule has 1 aliphatic rings. The number of amides is 2. The molecule has 2 aromatic carbocycles. The van der Waals surface area contributed by atoms with Gasteiger partial charge in [-0.1, -0.05) is 23.7 Å². The minimum absolute atomic E-state index is 0.178. The number of hydrogen-bond acceptors (Lipinski definition) is 3. The standard InChI is InChI=1S/C18H17ClN2O3/c1-24-15-8-6-14(7-9-15)21-17(22)10-16(18(21)23)20-11-12-2-4-13(19)5-3-12/h2-9,16,20H,10-11H2,1H3/p+1/t16-/m1/s1. The molecule has 3 rings (SSSR count). The first-order valence-electron chi connectivity index (χ1n) is 7.67. The summed E-state index contributed by atoms with van der Waals surface area (Å²) < 4.78 is 5.10. The average molecular weight is 346 g/mol. The maximum Gasteiger partial charge on any atom is 0.292 e. The van der Waals surface area contributed by atoms with Crippen LogP contribution in [0.5, 0.6) is 5.75 Å². The molecule has 124 valence electrons. The number of benzene rings is 2. The van der Waals surface area contributed by atoms with Crippen molar-refractivity contribution in [3.8, 4) is 5.75 Å². The molecule has 2 aromatic rings. The minimum Gasteiger partial charge on any atom is -0.497 e. The lowest BCUT2D eigenvalue weighted by Gasteiger charge is -2.14. The number of nitrogens with two attached hydrogens (primary N) is 1. The number of anilines is 1. The van der Waals surface area contributed by atoms with Crippen molar-refractivity contribution in [2.75, 3.05) is 12.0 Å². The first-order valence-corrected chi connectivity index (χ1v) is 8.05. The van der Waals surface area contributed by atoms with Gasteiger partial charge in [0.2, 0.25) is 5.91 Å². The van der Waals surface area contributed by atoms with E-state index in [4.69, 9.17) is 16.3 Å². The normalized spacial score (nSPS) is 17.4. The lowest BCUT2D eigenvalue weighted by Crippen LogP contribution is -2.90. The van der Waals surface area contributed by atoms with Crippen molar-refractivity contribution in [1.82, 2.24) is 0 Å². The molecule has 1 fully saturated rings. The molecule has 24 heavy (non-hydrogen) atoms. The summed E-state index contributed by atoms with van der Waals surface area (Å²) in [6.07, 6.45) is 0.207. The topological polar surface area (TPSA) is 63.2 Å². The van der Waals surface area contributed by atoms with Crippen molar-refractivity contribution in [1.29, 1.82) is 0 Å². The molecule has 1 heterocycles. The van der Waals surface area contributed by atoms with E-state index in [1.807, 2.05) is 29.6 Å². The Labute approximate surface area is 145 Å². The van der Waals surface area contributed by atoms with Crippen molar-refractivity contribution in [2.45, 2.75) is 19.0 Å². The van der Waals surface area contributed by atoms with Crippen LogP contribution in [0.4, 0.5) is 5.69 Å². The highest BCUT2D eigenvalue weighted by atomic mass is 35.5. The van der Waals surface area contributed by atoms with Crippen LogP contribution in [-0.4, -0.2) is 25.0 Å². The van der Waals surface area contributed by atoms with E-state index in [0.717, 1.165) is 5.56 Å². The van der Waals surface area contributed by atoms with Crippen LogP contribution in [0.3, 0.4) is 0 Å². The Kier molecular flexibility index (Phi) is 4.83. The number of hydrogen-bond donors (Lipinski definition) is 1. The van der Waals surface area contributed by atoms with E-state index < -0.39 is 6.04 Å². The fraction of sp³-hybridized carbons (Fsp3) is 0.222. The number of ether oxygens (including phenoxy) is 1. The van der Waals surface area contributed by atoms with E-state index in [1.165, 1.54) is 4.90 Å². The highest BCUT2D eigenvalue weighted by Gasteiger charge is 2.42. The predicted molar refractivity (Wildman–Crippen MR) is 91.0 cm³/mol. The van der Waals surface area contributed by atoms with Crippen LogP contribution in [0.15, 0.2) is 48.5 Å². The van der Waals surface area contributed by atoms with Crippen LogP contribution < -0.4 is 15.0 Å². The molecular formula is C18H18ClN2O3+. The van der Waals surface area contributed by atoms with E-state index in [-0.39, 0.29) is 18.2 Å². The van der Waals surface area contributed by atoms with Crippen molar-refractivity contribution in [3.63, 3.8) is 0 Å². The summed E-state index contributed by atoms with van der Waals surface area (Å²) in [5.74, 6) is 0.324. The van der Waals surface area contributed by atoms with Gasteiger partial charge in [-0.05, 0) is 36.4 Å². The van der Waals surface area contributed by atoms with Gasteiger partial charge in [-0.25, -0.2) is 4.90 Å². The van der Waals surface area contributed by atoms with Crippen LogP contribution in [0.25, 0.3) is 0 Å². The Morgan fingerprint density at radius 3 is 2.42 bits per heavy atom. The second-order valence-electron chi connectivity index (χ2n) is 5.64. The molecule has 0 spiro atoms. The highest BCUT2D eigenvalue weighted by Crippen LogP contribution is 2.24. The van der Waals surface area contributed by atoms with Crippen molar-refractivity contribution < 1.29 is 19.6 Å². The largest absolute Gasteiger partial charge is 0.497 e. The molecule has 0 aromatic heterocycles. The average Bonchev–Trinajstić information content (AvgIpc) is 2.88. The quantitative estimate of drug-likeness (QED) is 0.840. The van der Waals surface area contributed by atoms with Gasteiger partial charge in [0.1, 0.15) is 12.3 Å². The summed E-state index contributed by atoms with van der Waals surface area (Å²) in [4.78, 5) is 26.1. The number of imide groups is 1. The smallest absolute Gasteiger partial charge is 0.292 e. The SMILES string of the molecule is COc1ccc(N2C(=O)C[C@@H]([NH2+]Cc3ccc(Cl)cc3)C2=O)cc1. The lowest BCUT2D eigenvalue weighted by atomic mass is 10.2. The number of halogens is 1. The maximum absolute atomic E-state index is 12.6. The third-order valence-corrected chi connectivity index (χ3v) is 4.32. The Balaban J connectivity index is 1.67. The Morgan fingerprint density at radius 1 is 1.12 bits per heavy atom. The zero-order valence-electron chi connectivity index (χ0n) is 13.2. The number of carbonyl (C=O) groups is 2. The number of quaternary nitrogens is 1. The van der Waals surface area contributed by atoms with Crippen LogP contribution in [0.2, 0.25) is 5.02 Å². The van der Waals surface area contributed by atoms with E-state index >= 15 is 0 Å². The molecule has 0 aliphatic carbocycles. The van der Waals surface area contributed by atoms with Gasteiger partial charge in [-0.15, -0.1) is 0 Å². The molecule has 0 saturated carbocycles. The second kappa shape index (κ2) is 7.03. The predicted octanol–water partition coefficient (Wildman–Crippen LogP) is 1.74. The van der Waals surface area contributed by atoms with Gasteiger partial charge in [0.25, 0.3) is 5.91 Å². The second-order valence-corrected chi connectivity index (χ2v) is 6.08. The number of methoxy groups -OCH3 is 1. The molecule has 1 atom stereocenters. The summed E-state index contributed by atoms with van der Waals surface area (Å²) in [7, 11) is 1.57. The Morgan fingerprint density at radius 2 is 1.79 bits per heavy atom. The van der Waals surface area contributed by atoms with Gasteiger partial charge in [-0.3, -0.25) is 9.59 Å². The first-order chi connectivity index (χ1) is 11.6. The molecule has 5 nitrogen and oxygen atoms in total. The number of nitrogens with zero attached hydrogens (tertiary/aromatic N) is 1. The lowest BCUT2D eigenvalue weighted by molar-refractivity contribution is -0.690. The van der Waals surface area contributed by atoms with E-state index in [9.17, 15) is 9.59 Å². The summed E-state index contributed by atoms with van der Waals surface area (Å²) in [5.41, 5.74) is 1.63. The molecule has 2 amide bonds. The number of rotatable bonds is 5. The molecule has 6 heteroatoms. The molecule has 0 bridgehead atoms. The van der Waals surface area contributed by atoms with Crippen LogP contribution in [-0.2, 0) is 16.1 Å². The van der Waals surface area contributed by atoms with Crippen LogP contribution in [0.1, 0.15) is 12.0 Å². The van der Waals surface area contributed by atoms with Crippen molar-refractivity contribution >= 4 is 29.1 Å². The van der Waals surface area contributed by atoms with Crippen LogP contribution >= 0.6 is 11.6 Å². The molecular weight excluding hydrogens is 328 g/mol. The molecule has 1 aliphatic heterocycles. The minimum atomic E-state index is -0.393. The van der Waals surface area contributed by atoms with Gasteiger partial charge < -0.3 is 10.1 Å². The highest BCUT2D eigenvalue weighted by molar-refractivity contribution is 6.30. The zero-order chi connectivity index (χ0) is 17.1.